The minimum Gasteiger partial charge on any atom is -0.339 e. The van der Waals surface area contributed by atoms with E-state index in [1.807, 2.05) is 31.2 Å². The molecule has 0 saturated carbocycles. The number of anilines is 1. The molecule has 1 saturated heterocycles. The van der Waals surface area contributed by atoms with E-state index in [1.165, 1.54) is 12.1 Å². The first-order valence-electron chi connectivity index (χ1n) is 8.48. The van der Waals surface area contributed by atoms with Crippen molar-refractivity contribution in [3.63, 3.8) is 0 Å². The molecule has 0 bridgehead atoms. The van der Waals surface area contributed by atoms with Crippen LogP contribution in [0.2, 0.25) is 0 Å². The number of benzene rings is 2. The molecule has 2 heterocycles. The van der Waals surface area contributed by atoms with Gasteiger partial charge in [0.05, 0.1) is 5.92 Å². The van der Waals surface area contributed by atoms with Crippen molar-refractivity contribution in [2.75, 3.05) is 11.4 Å². The molecule has 1 aliphatic heterocycles. The van der Waals surface area contributed by atoms with Crippen LogP contribution < -0.4 is 4.90 Å². The molecule has 0 radical (unpaired) electrons. The van der Waals surface area contributed by atoms with Crippen LogP contribution in [0.25, 0.3) is 11.4 Å². The summed E-state index contributed by atoms with van der Waals surface area (Å²) in [7, 11) is 0. The third-order valence-corrected chi connectivity index (χ3v) is 4.64. The highest BCUT2D eigenvalue weighted by Crippen LogP contribution is 2.33. The Balaban J connectivity index is 1.58. The van der Waals surface area contributed by atoms with Crippen LogP contribution in [-0.4, -0.2) is 22.6 Å². The van der Waals surface area contributed by atoms with E-state index in [9.17, 15) is 9.18 Å². The molecule has 1 aliphatic rings. The van der Waals surface area contributed by atoms with E-state index < -0.39 is 0 Å². The van der Waals surface area contributed by atoms with E-state index >= 15 is 0 Å². The van der Waals surface area contributed by atoms with Crippen molar-refractivity contribution in [1.29, 1.82) is 0 Å². The van der Waals surface area contributed by atoms with Crippen molar-refractivity contribution in [3.8, 4) is 11.4 Å². The third-order valence-electron chi connectivity index (χ3n) is 4.64. The highest BCUT2D eigenvalue weighted by atomic mass is 19.1. The van der Waals surface area contributed by atoms with E-state index in [1.54, 1.807) is 17.9 Å². The smallest absolute Gasteiger partial charge is 0.232 e. The van der Waals surface area contributed by atoms with Crippen molar-refractivity contribution in [1.82, 2.24) is 10.1 Å². The van der Waals surface area contributed by atoms with Crippen LogP contribution in [0.5, 0.6) is 0 Å². The Morgan fingerprint density at radius 2 is 2.04 bits per heavy atom. The monoisotopic (exact) mass is 351 g/mol. The molecule has 1 aromatic heterocycles. The molecule has 132 valence electrons. The van der Waals surface area contributed by atoms with Crippen molar-refractivity contribution < 1.29 is 13.7 Å². The predicted molar refractivity (Wildman–Crippen MR) is 95.3 cm³/mol. The van der Waals surface area contributed by atoms with Gasteiger partial charge >= 0.3 is 0 Å². The van der Waals surface area contributed by atoms with Gasteiger partial charge in [0.1, 0.15) is 5.82 Å². The molecule has 6 heteroatoms. The van der Waals surface area contributed by atoms with Crippen LogP contribution in [0.15, 0.2) is 47.0 Å². The van der Waals surface area contributed by atoms with E-state index in [2.05, 4.69) is 10.1 Å². The molecule has 0 aliphatic carbocycles. The van der Waals surface area contributed by atoms with Gasteiger partial charge < -0.3 is 9.42 Å². The number of carbonyl (C=O) groups excluding carboxylic acids is 1. The summed E-state index contributed by atoms with van der Waals surface area (Å²) in [5.41, 5.74) is 3.45. The Kier molecular flexibility index (Phi) is 4.03. The molecule has 2 aromatic carbocycles. The third kappa shape index (κ3) is 2.98. The van der Waals surface area contributed by atoms with Crippen LogP contribution in [0.3, 0.4) is 0 Å². The maximum atomic E-state index is 13.3. The number of rotatable bonds is 3. The summed E-state index contributed by atoms with van der Waals surface area (Å²) in [5.74, 6) is 0.469. The minimum atomic E-state index is -0.311. The highest BCUT2D eigenvalue weighted by molar-refractivity contribution is 5.97. The number of aromatic nitrogens is 2. The quantitative estimate of drug-likeness (QED) is 0.715. The Morgan fingerprint density at radius 1 is 1.19 bits per heavy atom. The standard InChI is InChI=1S/C20H18FN3O2/c1-12-4-3-5-14(8-12)19-22-20(26-23-19)15-10-18(25)24(11-15)17-7-6-16(21)9-13(17)2/h3-9,15H,10-11H2,1-2H3. The van der Waals surface area contributed by atoms with Gasteiger partial charge in [0.25, 0.3) is 0 Å². The Labute approximate surface area is 150 Å². The first-order valence-corrected chi connectivity index (χ1v) is 8.48. The van der Waals surface area contributed by atoms with Crippen LogP contribution in [-0.2, 0) is 4.79 Å². The summed E-state index contributed by atoms with van der Waals surface area (Å²) >= 11 is 0. The molecule has 1 unspecified atom stereocenters. The normalized spacial score (nSPS) is 17.1. The lowest BCUT2D eigenvalue weighted by Gasteiger charge is -2.18. The number of carbonyl (C=O) groups is 1. The summed E-state index contributed by atoms with van der Waals surface area (Å²) in [6, 6.07) is 12.3. The molecule has 1 amide bonds. The Hall–Kier alpha value is -3.02. The number of aryl methyl sites for hydroxylation is 2. The van der Waals surface area contributed by atoms with Crippen molar-refractivity contribution in [2.24, 2.45) is 0 Å². The number of hydrogen-bond donors (Lipinski definition) is 0. The van der Waals surface area contributed by atoms with Crippen molar-refractivity contribution in [3.05, 3.63) is 65.3 Å². The van der Waals surface area contributed by atoms with Crippen LogP contribution in [0.4, 0.5) is 10.1 Å². The topological polar surface area (TPSA) is 59.2 Å². The lowest BCUT2D eigenvalue weighted by molar-refractivity contribution is -0.117. The summed E-state index contributed by atoms with van der Waals surface area (Å²) in [4.78, 5) is 18.6. The fourth-order valence-electron chi connectivity index (χ4n) is 3.33. The number of amides is 1. The highest BCUT2D eigenvalue weighted by Gasteiger charge is 2.35. The van der Waals surface area contributed by atoms with E-state index in [-0.39, 0.29) is 17.6 Å². The molecule has 1 atom stereocenters. The van der Waals surface area contributed by atoms with Gasteiger partial charge in [0.2, 0.25) is 17.6 Å². The fourth-order valence-corrected chi connectivity index (χ4v) is 3.33. The first-order chi connectivity index (χ1) is 12.5. The summed E-state index contributed by atoms with van der Waals surface area (Å²) in [6.45, 7) is 4.24. The van der Waals surface area contributed by atoms with Gasteiger partial charge in [-0.2, -0.15) is 4.98 Å². The zero-order valence-electron chi connectivity index (χ0n) is 14.6. The summed E-state index contributed by atoms with van der Waals surface area (Å²) in [5, 5.41) is 4.06. The van der Waals surface area contributed by atoms with Gasteiger partial charge in [-0.25, -0.2) is 4.39 Å². The van der Waals surface area contributed by atoms with Gasteiger partial charge in [0, 0.05) is 24.2 Å². The number of halogens is 1. The molecular formula is C20H18FN3O2. The van der Waals surface area contributed by atoms with E-state index in [4.69, 9.17) is 4.52 Å². The minimum absolute atomic E-state index is 0.0278. The molecule has 0 N–H and O–H groups in total. The van der Waals surface area contributed by atoms with Gasteiger partial charge in [-0.05, 0) is 43.7 Å². The first kappa shape index (κ1) is 16.4. The van der Waals surface area contributed by atoms with Gasteiger partial charge in [0.15, 0.2) is 0 Å². The largest absolute Gasteiger partial charge is 0.339 e. The zero-order valence-corrected chi connectivity index (χ0v) is 14.6. The van der Waals surface area contributed by atoms with Crippen LogP contribution in [0, 0.1) is 19.7 Å². The lowest BCUT2D eigenvalue weighted by Crippen LogP contribution is -2.25. The average molecular weight is 351 g/mol. The van der Waals surface area contributed by atoms with E-state index in [0.29, 0.717) is 24.7 Å². The van der Waals surface area contributed by atoms with Gasteiger partial charge in [-0.15, -0.1) is 0 Å². The Bertz CT molecular complexity index is 983. The Morgan fingerprint density at radius 3 is 2.81 bits per heavy atom. The molecule has 0 spiro atoms. The van der Waals surface area contributed by atoms with Crippen molar-refractivity contribution >= 4 is 11.6 Å². The second-order valence-electron chi connectivity index (χ2n) is 6.66. The fraction of sp³-hybridized carbons (Fsp3) is 0.250. The van der Waals surface area contributed by atoms with Gasteiger partial charge in [-0.3, -0.25) is 4.79 Å². The molecule has 5 nitrogen and oxygen atoms in total. The second kappa shape index (κ2) is 6.37. The molecule has 26 heavy (non-hydrogen) atoms. The van der Waals surface area contributed by atoms with Crippen molar-refractivity contribution in [2.45, 2.75) is 26.2 Å². The van der Waals surface area contributed by atoms with Crippen LogP contribution in [0.1, 0.15) is 29.4 Å². The zero-order chi connectivity index (χ0) is 18.3. The molecule has 3 aromatic rings. The SMILES string of the molecule is Cc1cccc(-c2noc(C3CC(=O)N(c4ccc(F)cc4C)C3)n2)c1. The summed E-state index contributed by atoms with van der Waals surface area (Å²) < 4.78 is 18.8. The number of hydrogen-bond acceptors (Lipinski definition) is 4. The maximum absolute atomic E-state index is 13.3. The van der Waals surface area contributed by atoms with Gasteiger partial charge in [-0.1, -0.05) is 28.9 Å². The summed E-state index contributed by atoms with van der Waals surface area (Å²) in [6.07, 6.45) is 0.298. The average Bonchev–Trinajstić information content (AvgIpc) is 3.22. The molecule has 4 rings (SSSR count). The predicted octanol–water partition coefficient (Wildman–Crippen LogP) is 4.01. The second-order valence-corrected chi connectivity index (χ2v) is 6.66. The maximum Gasteiger partial charge on any atom is 0.232 e. The molecule has 1 fully saturated rings. The van der Waals surface area contributed by atoms with Crippen LogP contribution >= 0.6 is 0 Å². The number of nitrogens with zero attached hydrogens (tertiary/aromatic N) is 3. The molecular weight excluding hydrogens is 333 g/mol. The van der Waals surface area contributed by atoms with E-state index in [0.717, 1.165) is 22.4 Å². The lowest BCUT2D eigenvalue weighted by atomic mass is 10.1.